The summed E-state index contributed by atoms with van der Waals surface area (Å²) in [6.07, 6.45) is 23.8. The first-order chi connectivity index (χ1) is 32.8. The van der Waals surface area contributed by atoms with Crippen molar-refractivity contribution in [3.05, 3.63) is 59.2 Å². The lowest BCUT2D eigenvalue weighted by Crippen LogP contribution is -2.46. The second kappa shape index (κ2) is 40.7. The molecule has 68 heavy (non-hydrogen) atoms. The summed E-state index contributed by atoms with van der Waals surface area (Å²) >= 11 is 0. The van der Waals surface area contributed by atoms with Crippen LogP contribution in [0.15, 0.2) is 42.5 Å². The number of likely N-dealkylation sites (N-methyl/N-ethyl adjacent to an activating group) is 3. The summed E-state index contributed by atoms with van der Waals surface area (Å²) in [5.41, 5.74) is 10.2. The molecule has 6 amide bonds. The van der Waals surface area contributed by atoms with Crippen molar-refractivity contribution >= 4 is 42.9 Å². The number of hydrogen-bond acceptors (Lipinski definition) is 10. The maximum atomic E-state index is 12.7. The molecule has 3 atom stereocenters. The Morgan fingerprint density at radius 3 is 1.84 bits per heavy atom. The van der Waals surface area contributed by atoms with E-state index < -0.39 is 24.0 Å². The Morgan fingerprint density at radius 2 is 1.34 bits per heavy atom. The summed E-state index contributed by atoms with van der Waals surface area (Å²) in [6, 6.07) is 11.8. The Hall–Kier alpha value is -5.35. The van der Waals surface area contributed by atoms with E-state index in [1.807, 2.05) is 37.3 Å². The number of aliphatic hydroxyl groups excluding tert-OH is 1. The second-order valence-corrected chi connectivity index (χ2v) is 16.9. The molecule has 0 aromatic heterocycles. The van der Waals surface area contributed by atoms with Gasteiger partial charge in [-0.3, -0.25) is 28.8 Å². The number of nitrogens with two attached hydrogens (primary N) is 1. The van der Waals surface area contributed by atoms with Crippen LogP contribution in [-0.2, 0) is 51.1 Å². The summed E-state index contributed by atoms with van der Waals surface area (Å²) in [6.45, 7) is 10.3. The molecule has 0 heterocycles. The van der Waals surface area contributed by atoms with Crippen molar-refractivity contribution < 1.29 is 43.4 Å². The van der Waals surface area contributed by atoms with Gasteiger partial charge < -0.3 is 46.6 Å². The highest BCUT2D eigenvalue weighted by Gasteiger charge is 2.24. The number of hydrogen-bond donors (Lipinski definition) is 6. The van der Waals surface area contributed by atoms with Crippen LogP contribution in [0.5, 0.6) is 0 Å². The fourth-order valence-electron chi connectivity index (χ4n) is 7.27. The monoisotopic (exact) mass is 954 g/mol. The zero-order valence-electron chi connectivity index (χ0n) is 42.5. The average Bonchev–Trinajstić information content (AvgIpc) is 3.34. The van der Waals surface area contributed by atoms with E-state index in [2.05, 4.69) is 54.2 Å². The molecule has 16 heteroatoms. The number of aliphatic hydroxyl groups is 1. The van der Waals surface area contributed by atoms with E-state index in [4.69, 9.17) is 15.6 Å². The van der Waals surface area contributed by atoms with Gasteiger partial charge in [-0.15, -0.1) is 0 Å². The highest BCUT2D eigenvalue weighted by Crippen LogP contribution is 2.31. The average molecular weight is 954 g/mol. The highest BCUT2D eigenvalue weighted by molar-refractivity contribution is 5.86. The van der Waals surface area contributed by atoms with Crippen LogP contribution >= 0.6 is 0 Å². The van der Waals surface area contributed by atoms with Gasteiger partial charge in [0.15, 0.2) is 0 Å². The molecule has 2 aromatic carbocycles. The quantitative estimate of drug-likeness (QED) is 0.0272. The first kappa shape index (κ1) is 62.6. The van der Waals surface area contributed by atoms with E-state index in [0.29, 0.717) is 25.8 Å². The van der Waals surface area contributed by atoms with Crippen LogP contribution in [0.3, 0.4) is 0 Å². The third-order valence-electron chi connectivity index (χ3n) is 11.4. The molecule has 0 fully saturated rings. The lowest BCUT2D eigenvalue weighted by molar-refractivity contribution is -0.147. The Bertz CT molecular complexity index is 1700. The van der Waals surface area contributed by atoms with Crippen LogP contribution in [0, 0.1) is 0 Å². The van der Waals surface area contributed by atoms with Crippen LogP contribution in [-0.4, -0.2) is 123 Å². The molecule has 0 aliphatic heterocycles. The number of nitrogens with zero attached hydrogens (tertiary/aromatic N) is 2. The number of esters is 1. The Kier molecular flexibility index (Phi) is 37.5. The second-order valence-electron chi connectivity index (χ2n) is 16.9. The fraction of sp³-hybridized carbons (Fsp3) is 0.635. The van der Waals surface area contributed by atoms with Crippen molar-refractivity contribution in [3.63, 3.8) is 0 Å². The highest BCUT2D eigenvalue weighted by atomic mass is 16.5. The molecule has 384 valence electrons. The van der Waals surface area contributed by atoms with Gasteiger partial charge in [0.05, 0.1) is 25.7 Å². The lowest BCUT2D eigenvalue weighted by atomic mass is 9.91. The molecular weight excluding hydrogens is 867 g/mol. The molecule has 0 radical (unpaired) electrons. The van der Waals surface area contributed by atoms with Gasteiger partial charge in [0, 0.05) is 33.6 Å². The predicted molar refractivity (Wildman–Crippen MR) is 270 cm³/mol. The van der Waals surface area contributed by atoms with Crippen LogP contribution in [0.2, 0.25) is 0 Å². The van der Waals surface area contributed by atoms with E-state index >= 15 is 0 Å². The van der Waals surface area contributed by atoms with E-state index in [1.165, 1.54) is 96.9 Å². The smallest absolute Gasteiger partial charge is 0.329 e. The molecule has 16 nitrogen and oxygen atoms in total. The number of unbranched alkanes of at least 4 members (excludes halogenated alkanes) is 13. The van der Waals surface area contributed by atoms with Gasteiger partial charge in [-0.05, 0) is 54.2 Å². The normalized spacial score (nSPS) is 11.7. The molecule has 0 bridgehead atoms. The van der Waals surface area contributed by atoms with Crippen LogP contribution < -0.4 is 27.0 Å². The van der Waals surface area contributed by atoms with Crippen LogP contribution in [0.4, 0.5) is 0 Å². The van der Waals surface area contributed by atoms with E-state index in [0.717, 1.165) is 45.6 Å². The zero-order valence-corrected chi connectivity index (χ0v) is 42.5. The number of nitrogens with one attached hydrogen (secondary N) is 4. The minimum absolute atomic E-state index is 0.0192. The number of ether oxygens (including phenoxy) is 1. The Morgan fingerprint density at radius 1 is 0.765 bits per heavy atom. The molecule has 0 saturated carbocycles. The Balaban J connectivity index is 0.00000131. The number of amides is 6. The number of carbonyl (C=O) groups excluding carboxylic acids is 7. The van der Waals surface area contributed by atoms with Gasteiger partial charge in [-0.2, -0.15) is 0 Å². The number of aryl methyl sites for hydroxylation is 1. The number of carbonyl (C=O) groups is 7. The predicted octanol–water partition coefficient (Wildman–Crippen LogP) is 5.91. The molecule has 0 aliphatic carbocycles. The number of benzene rings is 2. The van der Waals surface area contributed by atoms with Crippen molar-refractivity contribution in [1.29, 1.82) is 0 Å². The Labute approximate surface area is 407 Å². The van der Waals surface area contributed by atoms with Gasteiger partial charge in [-0.25, -0.2) is 4.79 Å². The van der Waals surface area contributed by atoms with E-state index in [-0.39, 0.29) is 57.1 Å². The van der Waals surface area contributed by atoms with Crippen molar-refractivity contribution in [3.8, 4) is 11.1 Å². The minimum Gasteiger partial charge on any atom is -0.463 e. The van der Waals surface area contributed by atoms with Crippen LogP contribution in [0.25, 0.3) is 11.1 Å². The first-order valence-corrected chi connectivity index (χ1v) is 24.9. The molecule has 0 spiro atoms. The molecular formula is C52H87N7O9. The van der Waals surface area contributed by atoms with E-state index in [9.17, 15) is 33.6 Å². The summed E-state index contributed by atoms with van der Waals surface area (Å²) in [4.78, 5) is 82.6. The van der Waals surface area contributed by atoms with Gasteiger partial charge in [0.25, 0.3) is 0 Å². The van der Waals surface area contributed by atoms with Crippen molar-refractivity contribution in [2.75, 3.05) is 53.5 Å². The molecule has 2 aromatic rings. The van der Waals surface area contributed by atoms with Crippen LogP contribution in [0.1, 0.15) is 154 Å². The first-order valence-electron chi connectivity index (χ1n) is 24.9. The molecule has 7 N–H and O–H groups in total. The van der Waals surface area contributed by atoms with Gasteiger partial charge in [0.2, 0.25) is 37.0 Å². The molecule has 2 rings (SSSR count). The van der Waals surface area contributed by atoms with Crippen molar-refractivity contribution in [2.45, 2.75) is 162 Å². The fourth-order valence-corrected chi connectivity index (χ4v) is 7.27. The lowest BCUT2D eigenvalue weighted by Gasteiger charge is -2.26. The maximum absolute atomic E-state index is 12.7. The van der Waals surface area contributed by atoms with Gasteiger partial charge >= 0.3 is 5.97 Å². The van der Waals surface area contributed by atoms with Gasteiger partial charge in [-0.1, -0.05) is 153 Å². The minimum atomic E-state index is -0.969. The summed E-state index contributed by atoms with van der Waals surface area (Å²) < 4.78 is 5.18. The zero-order chi connectivity index (χ0) is 51.0. The molecule has 0 aliphatic rings. The van der Waals surface area contributed by atoms with Gasteiger partial charge in [0.1, 0.15) is 18.7 Å². The maximum Gasteiger partial charge on any atom is 0.329 e. The SMILES string of the molecule is CCCCCCCCCCCCCCCC.CCCc1ccc(C(C)N(C)C(=O)CNC=O)cc1-c1cccc(CC(NC(=O)CNC=O)C(=O)OCCN)c1.CCNC(=O)[C@@H](CO)N(C)C=O. The summed E-state index contributed by atoms with van der Waals surface area (Å²) in [5, 5.41) is 18.6. The third-order valence-corrected chi connectivity index (χ3v) is 11.4. The summed E-state index contributed by atoms with van der Waals surface area (Å²) in [5.74, 6) is -1.69. The standard InChI is InChI=1S/C29H39N5O6.C16H34.C7H14N2O3/c1-4-6-22-9-10-23(20(2)34(3)28(38)17-32-19-36)15-25(22)24-8-5-7-21(13-24)14-26(29(39)40-12-11-30)33-27(37)16-31-18-35;1-3-5-7-9-11-13-15-16-14-12-10-8-6-4-2;1-3-8-7(12)6(4-10)9(2)5-11/h5,7-10,13,15,18-20,26H,4,6,11-12,14,16-17,30H2,1-3H3,(H,31,35)(H,32,36)(H,33,37);3-16H2,1-2H3;5-6,10H,3-4H2,1-2H3,(H,8,12)/t;;6-/m..1/s1. The molecule has 0 saturated heterocycles. The third kappa shape index (κ3) is 27.5. The summed E-state index contributed by atoms with van der Waals surface area (Å²) in [7, 11) is 3.14. The largest absolute Gasteiger partial charge is 0.463 e. The topological polar surface area (TPSA) is 230 Å². The van der Waals surface area contributed by atoms with E-state index in [1.54, 1.807) is 18.9 Å². The van der Waals surface area contributed by atoms with Crippen molar-refractivity contribution in [1.82, 2.24) is 31.1 Å². The van der Waals surface area contributed by atoms with Crippen molar-refractivity contribution in [2.24, 2.45) is 5.73 Å². The number of rotatable bonds is 35. The molecule has 2 unspecified atom stereocenters.